The molecule has 0 saturated heterocycles. The molecule has 5 nitrogen and oxygen atoms in total. The number of aryl methyl sites for hydroxylation is 1. The molecule has 2 aromatic heterocycles. The van der Waals surface area contributed by atoms with E-state index in [0.29, 0.717) is 0 Å². The third kappa shape index (κ3) is 2.50. The van der Waals surface area contributed by atoms with Crippen molar-refractivity contribution in [3.05, 3.63) is 42.2 Å². The van der Waals surface area contributed by atoms with Gasteiger partial charge in [0.25, 0.3) is 0 Å². The summed E-state index contributed by atoms with van der Waals surface area (Å²) in [5.74, 6) is 0. The quantitative estimate of drug-likeness (QED) is 0.845. The summed E-state index contributed by atoms with van der Waals surface area (Å²) in [7, 11) is 0. The molecule has 0 fully saturated rings. The Morgan fingerprint density at radius 2 is 2.18 bits per heavy atom. The maximum Gasteiger partial charge on any atom is 0.0937 e. The molecular weight excluding hydrogens is 214 g/mol. The second-order valence-corrected chi connectivity index (χ2v) is 3.69. The Morgan fingerprint density at radius 1 is 1.29 bits per heavy atom. The second-order valence-electron chi connectivity index (χ2n) is 3.69. The van der Waals surface area contributed by atoms with Gasteiger partial charge in [-0.25, -0.2) is 0 Å². The number of rotatable bonds is 5. The van der Waals surface area contributed by atoms with Gasteiger partial charge in [-0.2, -0.15) is 5.10 Å². The molecule has 17 heavy (non-hydrogen) atoms. The first-order valence-corrected chi connectivity index (χ1v) is 5.87. The molecule has 5 heteroatoms. The standard InChI is InChI=1S/C12H17N5/c1-3-14-12(10-9-13-7-8-15-10)11-5-6-16-17(11)4-2/h5-9,12,14H,3-4H2,1-2H3. The fourth-order valence-electron chi connectivity index (χ4n) is 1.88. The molecule has 1 unspecified atom stereocenters. The molecule has 0 saturated carbocycles. The van der Waals surface area contributed by atoms with E-state index in [0.717, 1.165) is 24.5 Å². The lowest BCUT2D eigenvalue weighted by Gasteiger charge is -2.18. The van der Waals surface area contributed by atoms with Crippen molar-refractivity contribution >= 4 is 0 Å². The Bertz CT molecular complexity index is 451. The van der Waals surface area contributed by atoms with E-state index in [9.17, 15) is 0 Å². The predicted molar refractivity (Wildman–Crippen MR) is 65.5 cm³/mol. The molecule has 0 radical (unpaired) electrons. The zero-order chi connectivity index (χ0) is 12.1. The summed E-state index contributed by atoms with van der Waals surface area (Å²) in [4.78, 5) is 8.48. The summed E-state index contributed by atoms with van der Waals surface area (Å²) in [5, 5.41) is 7.70. The van der Waals surface area contributed by atoms with Gasteiger partial charge >= 0.3 is 0 Å². The first-order valence-electron chi connectivity index (χ1n) is 5.87. The molecule has 2 heterocycles. The van der Waals surface area contributed by atoms with Crippen LogP contribution in [0.5, 0.6) is 0 Å². The van der Waals surface area contributed by atoms with Crippen LogP contribution in [-0.4, -0.2) is 26.3 Å². The van der Waals surface area contributed by atoms with Crippen LogP contribution in [0.1, 0.15) is 31.3 Å². The Hall–Kier alpha value is -1.75. The van der Waals surface area contributed by atoms with Crippen molar-refractivity contribution in [1.29, 1.82) is 0 Å². The maximum atomic E-state index is 4.36. The van der Waals surface area contributed by atoms with Crippen LogP contribution < -0.4 is 5.32 Å². The summed E-state index contributed by atoms with van der Waals surface area (Å²) < 4.78 is 1.97. The molecule has 0 aliphatic rings. The SMILES string of the molecule is CCNC(c1cnccn1)c1ccnn1CC. The summed E-state index contributed by atoms with van der Waals surface area (Å²) in [6.07, 6.45) is 7.01. The van der Waals surface area contributed by atoms with Gasteiger partial charge in [-0.3, -0.25) is 14.6 Å². The molecule has 0 bridgehead atoms. The largest absolute Gasteiger partial charge is 0.304 e. The van der Waals surface area contributed by atoms with Crippen LogP contribution in [0.2, 0.25) is 0 Å². The van der Waals surface area contributed by atoms with Gasteiger partial charge in [0.2, 0.25) is 0 Å². The van der Waals surface area contributed by atoms with Gasteiger partial charge in [-0.15, -0.1) is 0 Å². The number of hydrogen-bond acceptors (Lipinski definition) is 4. The van der Waals surface area contributed by atoms with Gasteiger partial charge in [0, 0.05) is 25.1 Å². The molecule has 1 atom stereocenters. The predicted octanol–water partition coefficient (Wildman–Crippen LogP) is 1.39. The van der Waals surface area contributed by atoms with Gasteiger partial charge in [0.05, 0.1) is 23.6 Å². The molecule has 0 spiro atoms. The van der Waals surface area contributed by atoms with Crippen LogP contribution in [0.25, 0.3) is 0 Å². The summed E-state index contributed by atoms with van der Waals surface area (Å²) in [6.45, 7) is 5.88. The summed E-state index contributed by atoms with van der Waals surface area (Å²) in [6, 6.07) is 2.07. The van der Waals surface area contributed by atoms with Crippen molar-refractivity contribution in [2.75, 3.05) is 6.54 Å². The van der Waals surface area contributed by atoms with Crippen molar-refractivity contribution in [2.45, 2.75) is 26.4 Å². The zero-order valence-corrected chi connectivity index (χ0v) is 10.2. The van der Waals surface area contributed by atoms with E-state index >= 15 is 0 Å². The summed E-state index contributed by atoms with van der Waals surface area (Å²) in [5.41, 5.74) is 2.04. The highest BCUT2D eigenvalue weighted by molar-refractivity contribution is 5.19. The van der Waals surface area contributed by atoms with Crippen LogP contribution in [0.4, 0.5) is 0 Å². The van der Waals surface area contributed by atoms with Crippen molar-refractivity contribution < 1.29 is 0 Å². The van der Waals surface area contributed by atoms with Gasteiger partial charge in [-0.1, -0.05) is 6.92 Å². The minimum absolute atomic E-state index is 0.0520. The van der Waals surface area contributed by atoms with Crippen molar-refractivity contribution in [3.63, 3.8) is 0 Å². The van der Waals surface area contributed by atoms with E-state index in [4.69, 9.17) is 0 Å². The van der Waals surface area contributed by atoms with E-state index in [1.807, 2.05) is 16.9 Å². The fourth-order valence-corrected chi connectivity index (χ4v) is 1.88. The van der Waals surface area contributed by atoms with Crippen molar-refractivity contribution in [1.82, 2.24) is 25.1 Å². The number of hydrogen-bond donors (Lipinski definition) is 1. The average molecular weight is 231 g/mol. The Labute approximate surface area is 101 Å². The van der Waals surface area contributed by atoms with Crippen LogP contribution in [0.3, 0.4) is 0 Å². The van der Waals surface area contributed by atoms with Crippen molar-refractivity contribution in [2.24, 2.45) is 0 Å². The number of nitrogens with one attached hydrogen (secondary N) is 1. The first-order chi connectivity index (χ1) is 8.36. The van der Waals surface area contributed by atoms with Crippen LogP contribution in [0, 0.1) is 0 Å². The van der Waals surface area contributed by atoms with E-state index in [2.05, 4.69) is 34.2 Å². The lowest BCUT2D eigenvalue weighted by Crippen LogP contribution is -2.25. The lowest BCUT2D eigenvalue weighted by molar-refractivity contribution is 0.533. The van der Waals surface area contributed by atoms with Crippen molar-refractivity contribution in [3.8, 4) is 0 Å². The third-order valence-corrected chi connectivity index (χ3v) is 2.63. The van der Waals surface area contributed by atoms with Gasteiger partial charge in [0.15, 0.2) is 0 Å². The maximum absolute atomic E-state index is 4.36. The molecule has 0 aliphatic heterocycles. The fraction of sp³-hybridized carbons (Fsp3) is 0.417. The Morgan fingerprint density at radius 3 is 2.82 bits per heavy atom. The topological polar surface area (TPSA) is 55.6 Å². The van der Waals surface area contributed by atoms with Crippen LogP contribution in [-0.2, 0) is 6.54 Å². The molecule has 2 aromatic rings. The normalized spacial score (nSPS) is 12.6. The third-order valence-electron chi connectivity index (χ3n) is 2.63. The monoisotopic (exact) mass is 231 g/mol. The minimum atomic E-state index is 0.0520. The average Bonchev–Trinajstić information content (AvgIpc) is 2.85. The summed E-state index contributed by atoms with van der Waals surface area (Å²) >= 11 is 0. The van der Waals surface area contributed by atoms with E-state index in [1.165, 1.54) is 0 Å². The zero-order valence-electron chi connectivity index (χ0n) is 10.2. The first kappa shape index (κ1) is 11.7. The molecular formula is C12H17N5. The van der Waals surface area contributed by atoms with E-state index in [-0.39, 0.29) is 6.04 Å². The van der Waals surface area contributed by atoms with E-state index < -0.39 is 0 Å². The van der Waals surface area contributed by atoms with E-state index in [1.54, 1.807) is 18.6 Å². The van der Waals surface area contributed by atoms with Gasteiger partial charge in [-0.05, 0) is 19.5 Å². The molecule has 90 valence electrons. The van der Waals surface area contributed by atoms with Crippen LogP contribution >= 0.6 is 0 Å². The molecule has 0 aliphatic carbocycles. The lowest BCUT2D eigenvalue weighted by atomic mass is 10.1. The number of aromatic nitrogens is 4. The molecule has 0 aromatic carbocycles. The second kappa shape index (κ2) is 5.54. The molecule has 0 amide bonds. The highest BCUT2D eigenvalue weighted by atomic mass is 15.3. The smallest absolute Gasteiger partial charge is 0.0937 e. The Balaban J connectivity index is 2.36. The Kier molecular flexibility index (Phi) is 3.82. The van der Waals surface area contributed by atoms with Crippen LogP contribution in [0.15, 0.2) is 30.9 Å². The molecule has 1 N–H and O–H groups in total. The minimum Gasteiger partial charge on any atom is -0.304 e. The highest BCUT2D eigenvalue weighted by Crippen LogP contribution is 2.18. The van der Waals surface area contributed by atoms with Gasteiger partial charge in [0.1, 0.15) is 0 Å². The molecule has 2 rings (SSSR count). The highest BCUT2D eigenvalue weighted by Gasteiger charge is 2.18. The number of nitrogens with zero attached hydrogens (tertiary/aromatic N) is 4. The van der Waals surface area contributed by atoms with Gasteiger partial charge < -0.3 is 5.32 Å².